The summed E-state index contributed by atoms with van der Waals surface area (Å²) >= 11 is 8.13. The van der Waals surface area contributed by atoms with Gasteiger partial charge in [-0.05, 0) is 36.9 Å². The summed E-state index contributed by atoms with van der Waals surface area (Å²) in [6, 6.07) is 14.2. The van der Waals surface area contributed by atoms with Crippen LogP contribution in [0.3, 0.4) is 0 Å². The van der Waals surface area contributed by atoms with E-state index in [-0.39, 0.29) is 0 Å². The Morgan fingerprint density at radius 3 is 2.74 bits per heavy atom. The van der Waals surface area contributed by atoms with Gasteiger partial charge in [0, 0.05) is 55.4 Å². The Morgan fingerprint density at radius 1 is 1.12 bits per heavy atom. The summed E-state index contributed by atoms with van der Waals surface area (Å²) in [6.07, 6.45) is 4.88. The fourth-order valence-electron chi connectivity index (χ4n) is 3.88. The van der Waals surface area contributed by atoms with Crippen LogP contribution in [-0.4, -0.2) is 67.1 Å². The second kappa shape index (κ2) is 12.2. The minimum Gasteiger partial charge on any atom is -0.378 e. The molecule has 1 aromatic carbocycles. The summed E-state index contributed by atoms with van der Waals surface area (Å²) in [5.74, 6) is 2.36. The maximum absolute atomic E-state index is 6.41. The minimum atomic E-state index is 0.670. The molecule has 1 aliphatic heterocycles. The number of morpholine rings is 1. The van der Waals surface area contributed by atoms with Gasteiger partial charge in [0.1, 0.15) is 11.6 Å². The average molecular weight is 499 g/mol. The molecule has 1 aliphatic rings. The maximum Gasteiger partial charge on any atom is 0.228 e. The monoisotopic (exact) mass is 498 g/mol. The Morgan fingerprint density at radius 2 is 1.97 bits per heavy atom. The van der Waals surface area contributed by atoms with Crippen molar-refractivity contribution in [2.75, 3.05) is 67.3 Å². The smallest absolute Gasteiger partial charge is 0.228 e. The number of anilines is 3. The predicted octanol–water partition coefficient (Wildman–Crippen LogP) is 5.08. The molecule has 3 aromatic rings. The highest BCUT2D eigenvalue weighted by Crippen LogP contribution is 2.27. The fourth-order valence-corrected chi connectivity index (χ4v) is 4.58. The Bertz CT molecular complexity index is 1080. The lowest BCUT2D eigenvalue weighted by Crippen LogP contribution is -2.37. The van der Waals surface area contributed by atoms with Gasteiger partial charge in [0.05, 0.1) is 23.9 Å². The van der Waals surface area contributed by atoms with E-state index in [2.05, 4.69) is 57.5 Å². The molecule has 0 unspecified atom stereocenters. The van der Waals surface area contributed by atoms with Gasteiger partial charge < -0.3 is 19.9 Å². The third kappa shape index (κ3) is 6.31. The lowest BCUT2D eigenvalue weighted by Gasteiger charge is -2.27. The van der Waals surface area contributed by atoms with E-state index in [0.29, 0.717) is 24.8 Å². The van der Waals surface area contributed by atoms with Crippen LogP contribution in [0.4, 0.5) is 17.6 Å². The Balaban J connectivity index is 1.55. The molecule has 1 saturated heterocycles. The van der Waals surface area contributed by atoms with E-state index in [4.69, 9.17) is 26.3 Å². The van der Waals surface area contributed by atoms with E-state index in [0.717, 1.165) is 61.4 Å². The van der Waals surface area contributed by atoms with Crippen molar-refractivity contribution in [2.45, 2.75) is 18.2 Å². The number of nitrogens with zero attached hydrogens (tertiary/aromatic N) is 5. The van der Waals surface area contributed by atoms with Gasteiger partial charge in [0.2, 0.25) is 5.95 Å². The van der Waals surface area contributed by atoms with Crippen molar-refractivity contribution in [2.24, 2.45) is 0 Å². The zero-order chi connectivity index (χ0) is 23.8. The first-order chi connectivity index (χ1) is 16.7. The second-order valence-electron chi connectivity index (χ2n) is 7.99. The Labute approximate surface area is 210 Å². The summed E-state index contributed by atoms with van der Waals surface area (Å²) in [7, 11) is 0. The molecule has 2 aromatic heterocycles. The highest BCUT2D eigenvalue weighted by atomic mass is 35.5. The van der Waals surface area contributed by atoms with Crippen molar-refractivity contribution in [1.82, 2.24) is 15.0 Å². The summed E-state index contributed by atoms with van der Waals surface area (Å²) in [5.41, 5.74) is 1.99. The van der Waals surface area contributed by atoms with Crippen LogP contribution >= 0.6 is 23.4 Å². The van der Waals surface area contributed by atoms with Crippen LogP contribution in [0.1, 0.15) is 13.3 Å². The molecule has 3 heterocycles. The van der Waals surface area contributed by atoms with Crippen LogP contribution in [0.2, 0.25) is 5.02 Å². The molecule has 0 bridgehead atoms. The molecule has 0 aliphatic carbocycles. The molecule has 34 heavy (non-hydrogen) atoms. The number of hydrogen-bond donors (Lipinski definition) is 1. The van der Waals surface area contributed by atoms with Gasteiger partial charge in [-0.2, -0.15) is 4.98 Å². The van der Waals surface area contributed by atoms with Crippen molar-refractivity contribution < 1.29 is 4.74 Å². The van der Waals surface area contributed by atoms with Crippen LogP contribution in [0.15, 0.2) is 53.6 Å². The maximum atomic E-state index is 6.41. The summed E-state index contributed by atoms with van der Waals surface area (Å²) in [4.78, 5) is 19.8. The van der Waals surface area contributed by atoms with E-state index in [9.17, 15) is 0 Å². The van der Waals surface area contributed by atoms with Crippen molar-refractivity contribution in [3.63, 3.8) is 0 Å². The van der Waals surface area contributed by atoms with Gasteiger partial charge in [0.15, 0.2) is 0 Å². The Kier molecular flexibility index (Phi) is 8.85. The number of ether oxygens (including phenoxy) is 1. The summed E-state index contributed by atoms with van der Waals surface area (Å²) in [5, 5.41) is 4.18. The van der Waals surface area contributed by atoms with Crippen LogP contribution in [0.5, 0.6) is 0 Å². The highest BCUT2D eigenvalue weighted by Gasteiger charge is 2.17. The molecular weight excluding hydrogens is 468 g/mol. The molecule has 9 heteroatoms. The van der Waals surface area contributed by atoms with Gasteiger partial charge in [-0.15, -0.1) is 11.8 Å². The molecule has 0 radical (unpaired) electrons. The van der Waals surface area contributed by atoms with Crippen molar-refractivity contribution in [3.05, 3.63) is 53.7 Å². The molecule has 7 nitrogen and oxygen atoms in total. The van der Waals surface area contributed by atoms with Crippen LogP contribution in [0.25, 0.3) is 11.3 Å². The standard InChI is InChI=1S/C25H31ClN6OS/c1-3-11-31(24-21(26)8-5-9-28-24)12-10-27-23-18-22(19-6-4-7-20(17-19)34-2)29-25(30-23)32-13-15-33-16-14-32/h4-9,17-18H,3,10-16H2,1-2H3,(H,27,29,30). The number of nitrogens with one attached hydrogen (secondary N) is 1. The minimum absolute atomic E-state index is 0.670. The molecule has 1 N–H and O–H groups in total. The number of hydrogen-bond acceptors (Lipinski definition) is 8. The molecule has 0 spiro atoms. The van der Waals surface area contributed by atoms with E-state index < -0.39 is 0 Å². The van der Waals surface area contributed by atoms with Crippen LogP contribution in [-0.2, 0) is 4.74 Å². The van der Waals surface area contributed by atoms with Crippen molar-refractivity contribution in [3.8, 4) is 11.3 Å². The SMILES string of the molecule is CCCN(CCNc1cc(-c2cccc(SC)c2)nc(N2CCOCC2)n1)c1ncccc1Cl. The topological polar surface area (TPSA) is 66.4 Å². The van der Waals surface area contributed by atoms with Crippen LogP contribution in [0, 0.1) is 0 Å². The predicted molar refractivity (Wildman–Crippen MR) is 143 cm³/mol. The third-order valence-electron chi connectivity index (χ3n) is 5.59. The van der Waals surface area contributed by atoms with E-state index in [1.807, 2.05) is 18.2 Å². The number of halogens is 1. The molecule has 1 fully saturated rings. The number of benzene rings is 1. The van der Waals surface area contributed by atoms with Gasteiger partial charge >= 0.3 is 0 Å². The lowest BCUT2D eigenvalue weighted by molar-refractivity contribution is 0.122. The second-order valence-corrected chi connectivity index (χ2v) is 9.28. The summed E-state index contributed by atoms with van der Waals surface area (Å²) in [6.45, 7) is 7.46. The van der Waals surface area contributed by atoms with E-state index >= 15 is 0 Å². The van der Waals surface area contributed by atoms with Gasteiger partial charge in [-0.1, -0.05) is 30.7 Å². The number of aromatic nitrogens is 3. The van der Waals surface area contributed by atoms with Gasteiger partial charge in [0.25, 0.3) is 0 Å². The first kappa shape index (κ1) is 24.6. The molecule has 0 amide bonds. The highest BCUT2D eigenvalue weighted by molar-refractivity contribution is 7.98. The zero-order valence-corrected chi connectivity index (χ0v) is 21.3. The fraction of sp³-hybridized carbons (Fsp3) is 0.400. The lowest BCUT2D eigenvalue weighted by atomic mass is 10.1. The molecule has 4 rings (SSSR count). The normalized spacial score (nSPS) is 13.7. The van der Waals surface area contributed by atoms with Crippen LogP contribution < -0.4 is 15.1 Å². The third-order valence-corrected chi connectivity index (χ3v) is 6.61. The summed E-state index contributed by atoms with van der Waals surface area (Å²) < 4.78 is 5.52. The molecule has 180 valence electrons. The largest absolute Gasteiger partial charge is 0.378 e. The Hall–Kier alpha value is -2.55. The zero-order valence-electron chi connectivity index (χ0n) is 19.7. The first-order valence-electron chi connectivity index (χ1n) is 11.6. The van der Waals surface area contributed by atoms with Crippen molar-refractivity contribution in [1.29, 1.82) is 0 Å². The van der Waals surface area contributed by atoms with E-state index in [1.54, 1.807) is 18.0 Å². The van der Waals surface area contributed by atoms with Crippen molar-refractivity contribution >= 4 is 40.9 Å². The molecule has 0 saturated carbocycles. The number of rotatable bonds is 10. The average Bonchev–Trinajstić information content (AvgIpc) is 2.89. The molecular formula is C25H31ClN6OS. The first-order valence-corrected chi connectivity index (χ1v) is 13.2. The van der Waals surface area contributed by atoms with E-state index in [1.165, 1.54) is 4.90 Å². The quantitative estimate of drug-likeness (QED) is 0.388. The number of pyridine rings is 1. The van der Waals surface area contributed by atoms with Gasteiger partial charge in [-0.25, -0.2) is 9.97 Å². The number of thioether (sulfide) groups is 1. The molecule has 0 atom stereocenters. The van der Waals surface area contributed by atoms with Gasteiger partial charge in [-0.3, -0.25) is 0 Å².